The van der Waals surface area contributed by atoms with Crippen LogP contribution >= 0.6 is 0 Å². The van der Waals surface area contributed by atoms with Gasteiger partial charge in [-0.25, -0.2) is 0 Å². The lowest BCUT2D eigenvalue weighted by Crippen LogP contribution is -2.42. The molecule has 0 aliphatic carbocycles. The molecule has 12 heavy (non-hydrogen) atoms. The van der Waals surface area contributed by atoms with Crippen molar-refractivity contribution in [1.82, 2.24) is 4.90 Å². The summed E-state index contributed by atoms with van der Waals surface area (Å²) in [5.74, 6) is 0. The number of unbranched alkanes of at least 4 members (excludes halogenated alkanes) is 1. The van der Waals surface area contributed by atoms with Crippen molar-refractivity contribution in [2.24, 2.45) is 0 Å². The van der Waals surface area contributed by atoms with Gasteiger partial charge in [-0.05, 0) is 32.7 Å². The highest BCUT2D eigenvalue weighted by Crippen LogP contribution is 2.20. The zero-order chi connectivity index (χ0) is 9.03. The van der Waals surface area contributed by atoms with Crippen molar-refractivity contribution in [3.8, 4) is 0 Å². The Balaban J connectivity index is 2.18. The van der Waals surface area contributed by atoms with Crippen LogP contribution in [0, 0.1) is 6.92 Å². The Morgan fingerprint density at radius 3 is 2.50 bits per heavy atom. The van der Waals surface area contributed by atoms with Gasteiger partial charge in [-0.1, -0.05) is 13.3 Å². The van der Waals surface area contributed by atoms with Gasteiger partial charge in [0.05, 0.1) is 5.60 Å². The van der Waals surface area contributed by atoms with Gasteiger partial charge in [0.2, 0.25) is 0 Å². The Bertz CT molecular complexity index is 124. The Morgan fingerprint density at radius 2 is 2.00 bits per heavy atom. The maximum Gasteiger partial charge on any atom is 0.0644 e. The molecule has 2 nitrogen and oxygen atoms in total. The first-order valence-corrected chi connectivity index (χ1v) is 4.88. The summed E-state index contributed by atoms with van der Waals surface area (Å²) in [6, 6.07) is 0. The zero-order valence-corrected chi connectivity index (χ0v) is 8.05. The molecule has 1 fully saturated rings. The third-order valence-electron chi connectivity index (χ3n) is 2.66. The second-order valence-electron chi connectivity index (χ2n) is 4.05. The normalized spacial score (nSPS) is 24.2. The average molecular weight is 170 g/mol. The predicted octanol–water partition coefficient (Wildman–Crippen LogP) is 1.45. The second kappa shape index (κ2) is 4.24. The molecular weight excluding hydrogens is 150 g/mol. The fourth-order valence-electron chi connectivity index (χ4n) is 1.59. The van der Waals surface area contributed by atoms with Crippen LogP contribution in [0.25, 0.3) is 0 Å². The van der Waals surface area contributed by atoms with Crippen LogP contribution in [0.5, 0.6) is 0 Å². The minimum absolute atomic E-state index is 0.402. The molecule has 0 aromatic carbocycles. The van der Waals surface area contributed by atoms with E-state index in [4.69, 9.17) is 0 Å². The van der Waals surface area contributed by atoms with E-state index in [2.05, 4.69) is 11.8 Å². The first-order valence-electron chi connectivity index (χ1n) is 4.88. The minimum Gasteiger partial charge on any atom is -0.390 e. The number of hydrogen-bond acceptors (Lipinski definition) is 2. The zero-order valence-electron chi connectivity index (χ0n) is 8.05. The molecule has 1 rings (SSSR count). The molecule has 1 aliphatic rings. The van der Waals surface area contributed by atoms with Crippen molar-refractivity contribution in [2.75, 3.05) is 19.6 Å². The SMILES string of the molecule is [CH2]CCCN1CCC(C)(O)CC1. The lowest BCUT2D eigenvalue weighted by molar-refractivity contribution is -0.00536. The summed E-state index contributed by atoms with van der Waals surface area (Å²) in [6.07, 6.45) is 4.04. The lowest BCUT2D eigenvalue weighted by Gasteiger charge is -2.35. The predicted molar refractivity (Wildman–Crippen MR) is 50.9 cm³/mol. The van der Waals surface area contributed by atoms with Crippen molar-refractivity contribution >= 4 is 0 Å². The molecule has 1 saturated heterocycles. The Hall–Kier alpha value is -0.0800. The summed E-state index contributed by atoms with van der Waals surface area (Å²) in [6.45, 7) is 9.01. The number of aliphatic hydroxyl groups is 1. The lowest BCUT2D eigenvalue weighted by atomic mass is 9.94. The van der Waals surface area contributed by atoms with Crippen LogP contribution in [0.4, 0.5) is 0 Å². The summed E-state index contributed by atoms with van der Waals surface area (Å²) in [7, 11) is 0. The number of piperidine rings is 1. The Labute approximate surface area is 75.6 Å². The molecule has 0 atom stereocenters. The van der Waals surface area contributed by atoms with Gasteiger partial charge in [0, 0.05) is 13.1 Å². The number of hydrogen-bond donors (Lipinski definition) is 1. The highest BCUT2D eigenvalue weighted by atomic mass is 16.3. The molecule has 0 amide bonds. The van der Waals surface area contributed by atoms with Crippen LogP contribution in [0.2, 0.25) is 0 Å². The molecule has 2 heteroatoms. The smallest absolute Gasteiger partial charge is 0.0644 e. The van der Waals surface area contributed by atoms with Gasteiger partial charge < -0.3 is 10.0 Å². The molecule has 0 unspecified atom stereocenters. The van der Waals surface area contributed by atoms with Crippen LogP contribution in [-0.2, 0) is 0 Å². The summed E-state index contributed by atoms with van der Waals surface area (Å²) in [4.78, 5) is 2.42. The van der Waals surface area contributed by atoms with Gasteiger partial charge in [-0.2, -0.15) is 0 Å². The number of likely N-dealkylation sites (tertiary alicyclic amines) is 1. The second-order valence-corrected chi connectivity index (χ2v) is 4.05. The number of nitrogens with zero attached hydrogens (tertiary/aromatic N) is 1. The van der Waals surface area contributed by atoms with Crippen molar-refractivity contribution in [2.45, 2.75) is 38.2 Å². The van der Waals surface area contributed by atoms with E-state index >= 15 is 0 Å². The summed E-state index contributed by atoms with van der Waals surface area (Å²) < 4.78 is 0. The number of rotatable bonds is 3. The van der Waals surface area contributed by atoms with Gasteiger partial charge in [0.15, 0.2) is 0 Å². The van der Waals surface area contributed by atoms with Crippen LogP contribution < -0.4 is 0 Å². The molecular formula is C10H20NO. The van der Waals surface area contributed by atoms with E-state index in [0.29, 0.717) is 0 Å². The van der Waals surface area contributed by atoms with E-state index in [1.54, 1.807) is 0 Å². The van der Waals surface area contributed by atoms with Gasteiger partial charge in [-0.3, -0.25) is 0 Å². The quantitative estimate of drug-likeness (QED) is 0.693. The monoisotopic (exact) mass is 170 g/mol. The van der Waals surface area contributed by atoms with Gasteiger partial charge in [-0.15, -0.1) is 0 Å². The highest BCUT2D eigenvalue weighted by molar-refractivity contribution is 4.81. The van der Waals surface area contributed by atoms with Gasteiger partial charge in [0.25, 0.3) is 0 Å². The van der Waals surface area contributed by atoms with Crippen LogP contribution in [0.15, 0.2) is 0 Å². The van der Waals surface area contributed by atoms with Crippen molar-refractivity contribution in [3.05, 3.63) is 6.92 Å². The summed E-state index contributed by atoms with van der Waals surface area (Å²) in [5.41, 5.74) is -0.402. The third kappa shape index (κ3) is 3.11. The first-order chi connectivity index (χ1) is 5.64. The molecule has 0 saturated carbocycles. The van der Waals surface area contributed by atoms with E-state index in [1.807, 2.05) is 6.92 Å². The third-order valence-corrected chi connectivity index (χ3v) is 2.66. The molecule has 0 aromatic heterocycles. The van der Waals surface area contributed by atoms with Crippen LogP contribution in [0.3, 0.4) is 0 Å². The van der Waals surface area contributed by atoms with Crippen LogP contribution in [0.1, 0.15) is 32.6 Å². The summed E-state index contributed by atoms with van der Waals surface area (Å²) in [5, 5.41) is 9.68. The van der Waals surface area contributed by atoms with Crippen LogP contribution in [-0.4, -0.2) is 35.2 Å². The van der Waals surface area contributed by atoms with Crippen molar-refractivity contribution in [3.63, 3.8) is 0 Å². The average Bonchev–Trinajstić information content (AvgIpc) is 2.03. The highest BCUT2D eigenvalue weighted by Gasteiger charge is 2.26. The van der Waals surface area contributed by atoms with E-state index in [9.17, 15) is 5.11 Å². The Kier molecular flexibility index (Phi) is 3.53. The Morgan fingerprint density at radius 1 is 1.42 bits per heavy atom. The standard InChI is InChI=1S/C10H20NO/c1-3-4-7-11-8-5-10(2,12)6-9-11/h12H,1,3-9H2,2H3. The van der Waals surface area contributed by atoms with Crippen molar-refractivity contribution < 1.29 is 5.11 Å². The fourth-order valence-corrected chi connectivity index (χ4v) is 1.59. The van der Waals surface area contributed by atoms with Crippen molar-refractivity contribution in [1.29, 1.82) is 0 Å². The maximum atomic E-state index is 9.68. The molecule has 0 spiro atoms. The van der Waals surface area contributed by atoms with E-state index in [1.165, 1.54) is 6.42 Å². The first kappa shape index (κ1) is 10.0. The van der Waals surface area contributed by atoms with Gasteiger partial charge in [0.1, 0.15) is 0 Å². The summed E-state index contributed by atoms with van der Waals surface area (Å²) >= 11 is 0. The topological polar surface area (TPSA) is 23.5 Å². The largest absolute Gasteiger partial charge is 0.390 e. The molecule has 1 N–H and O–H groups in total. The fraction of sp³-hybridized carbons (Fsp3) is 0.900. The molecule has 0 bridgehead atoms. The van der Waals surface area contributed by atoms with E-state index < -0.39 is 5.60 Å². The molecule has 1 radical (unpaired) electrons. The van der Waals surface area contributed by atoms with Gasteiger partial charge >= 0.3 is 0 Å². The van der Waals surface area contributed by atoms with E-state index in [0.717, 1.165) is 38.9 Å². The molecule has 0 aromatic rings. The maximum absolute atomic E-state index is 9.68. The van der Waals surface area contributed by atoms with E-state index in [-0.39, 0.29) is 0 Å². The molecule has 1 heterocycles. The molecule has 71 valence electrons. The minimum atomic E-state index is -0.402. The molecule has 1 aliphatic heterocycles.